The Kier molecular flexibility index (Phi) is 11.0. The van der Waals surface area contributed by atoms with Crippen molar-refractivity contribution < 1.29 is 20.1 Å². The fourth-order valence-electron chi connectivity index (χ4n) is 5.55. The highest BCUT2D eigenvalue weighted by Gasteiger charge is 2.24. The van der Waals surface area contributed by atoms with E-state index in [2.05, 4.69) is 77.1 Å². The van der Waals surface area contributed by atoms with Gasteiger partial charge in [-0.3, -0.25) is 10.1 Å². The molecule has 0 amide bonds. The van der Waals surface area contributed by atoms with Crippen molar-refractivity contribution in [3.05, 3.63) is 89.1 Å². The van der Waals surface area contributed by atoms with Crippen LogP contribution in [-0.2, 0) is 11.2 Å². The predicted molar refractivity (Wildman–Crippen MR) is 159 cm³/mol. The van der Waals surface area contributed by atoms with E-state index in [9.17, 15) is 15.0 Å². The van der Waals surface area contributed by atoms with Crippen LogP contribution < -0.4 is 10.6 Å². The molecular weight excluding hydrogens is 500 g/mol. The second-order valence-corrected chi connectivity index (χ2v) is 11.0. The highest BCUT2D eigenvalue weighted by Crippen LogP contribution is 2.27. The standard InChI is InChI=1S/C34H42N2O4/c1-2-7-31(34(40)35-30-11-6-8-25(22-30)23-33(38)39)36-32(37)21-14-24-12-15-27(16-13-24)29-19-17-28(18-20-29)26-9-4-3-5-10-26/h3-5,9-13,15-16,19,25,28,31-32,34-37,40H,2,6-8,14,17,21-23H2,1H3,(H,38,39)/t25?,28?,31-,32?,34?/m0/s1. The third-order valence-electron chi connectivity index (χ3n) is 7.77. The smallest absolute Gasteiger partial charge is 0.303 e. The fraction of sp³-hybridized carbons (Fsp3) is 0.441. The zero-order chi connectivity index (χ0) is 28.3. The highest BCUT2D eigenvalue weighted by molar-refractivity contribution is 5.80. The Morgan fingerprint density at radius 2 is 1.82 bits per heavy atom. The van der Waals surface area contributed by atoms with E-state index in [0.29, 0.717) is 25.7 Å². The molecule has 4 unspecified atom stereocenters. The van der Waals surface area contributed by atoms with Crippen LogP contribution >= 0.6 is 0 Å². The van der Waals surface area contributed by atoms with Gasteiger partial charge in [0.2, 0.25) is 0 Å². The van der Waals surface area contributed by atoms with E-state index in [1.165, 1.54) is 5.56 Å². The molecule has 0 heterocycles. The molecule has 2 aromatic carbocycles. The molecule has 40 heavy (non-hydrogen) atoms. The van der Waals surface area contributed by atoms with Gasteiger partial charge in [0.15, 0.2) is 0 Å². The average molecular weight is 543 g/mol. The molecule has 4 rings (SSSR count). The first-order chi connectivity index (χ1) is 19.4. The van der Waals surface area contributed by atoms with Gasteiger partial charge < -0.3 is 20.6 Å². The summed E-state index contributed by atoms with van der Waals surface area (Å²) in [6.45, 7) is 2.05. The lowest BCUT2D eigenvalue weighted by Gasteiger charge is -2.31. The van der Waals surface area contributed by atoms with E-state index in [4.69, 9.17) is 5.11 Å². The van der Waals surface area contributed by atoms with Gasteiger partial charge in [-0.05, 0) is 67.6 Å². The van der Waals surface area contributed by atoms with Crippen LogP contribution in [-0.4, -0.2) is 39.8 Å². The zero-order valence-electron chi connectivity index (χ0n) is 23.4. The second-order valence-electron chi connectivity index (χ2n) is 11.0. The van der Waals surface area contributed by atoms with E-state index in [1.54, 1.807) is 0 Å². The van der Waals surface area contributed by atoms with Crippen molar-refractivity contribution in [3.63, 3.8) is 0 Å². The van der Waals surface area contributed by atoms with Crippen LogP contribution in [0, 0.1) is 17.8 Å². The molecule has 5 atom stereocenters. The molecule has 0 aliphatic heterocycles. The quantitative estimate of drug-likeness (QED) is 0.163. The molecule has 0 saturated carbocycles. The molecule has 6 heteroatoms. The van der Waals surface area contributed by atoms with Crippen molar-refractivity contribution in [2.45, 2.75) is 89.1 Å². The number of aliphatic hydroxyl groups is 2. The van der Waals surface area contributed by atoms with Crippen molar-refractivity contribution >= 4 is 11.5 Å². The van der Waals surface area contributed by atoms with E-state index in [0.717, 1.165) is 48.1 Å². The Balaban J connectivity index is 1.25. The van der Waals surface area contributed by atoms with Crippen LogP contribution in [0.4, 0.5) is 0 Å². The fourth-order valence-corrected chi connectivity index (χ4v) is 5.55. The van der Waals surface area contributed by atoms with Crippen LogP contribution in [0.5, 0.6) is 0 Å². The van der Waals surface area contributed by atoms with E-state index >= 15 is 0 Å². The number of aryl methyl sites for hydroxylation is 1. The lowest BCUT2D eigenvalue weighted by atomic mass is 9.89. The molecular formula is C34H42N2O4. The molecule has 0 spiro atoms. The summed E-state index contributed by atoms with van der Waals surface area (Å²) in [6, 6.07) is 18.5. The summed E-state index contributed by atoms with van der Waals surface area (Å²) in [5.74, 6) is 6.28. The van der Waals surface area contributed by atoms with Gasteiger partial charge in [0.25, 0.3) is 0 Å². The number of hydrogen-bond acceptors (Lipinski definition) is 5. The minimum atomic E-state index is -0.866. The Morgan fingerprint density at radius 3 is 2.50 bits per heavy atom. The topological polar surface area (TPSA) is 102 Å². The Bertz CT molecular complexity index is 1230. The van der Waals surface area contributed by atoms with Crippen molar-refractivity contribution in [2.75, 3.05) is 0 Å². The molecule has 0 radical (unpaired) electrons. The zero-order valence-corrected chi connectivity index (χ0v) is 23.4. The Morgan fingerprint density at radius 1 is 1.05 bits per heavy atom. The first-order valence-corrected chi connectivity index (χ1v) is 14.6. The first-order valence-electron chi connectivity index (χ1n) is 14.6. The molecule has 2 aliphatic rings. The minimum absolute atomic E-state index is 0.0828. The molecule has 0 saturated heterocycles. The first kappa shape index (κ1) is 29.6. The summed E-state index contributed by atoms with van der Waals surface area (Å²) in [7, 11) is 0. The lowest BCUT2D eigenvalue weighted by molar-refractivity contribution is -0.138. The van der Waals surface area contributed by atoms with Crippen molar-refractivity contribution in [1.82, 2.24) is 10.6 Å². The number of allylic oxidation sites excluding steroid dienone is 4. The van der Waals surface area contributed by atoms with Crippen LogP contribution in [0.25, 0.3) is 5.57 Å². The molecule has 6 nitrogen and oxygen atoms in total. The Labute approximate surface area is 238 Å². The Hall–Kier alpha value is -3.37. The van der Waals surface area contributed by atoms with Gasteiger partial charge in [0.1, 0.15) is 12.5 Å². The van der Waals surface area contributed by atoms with Crippen LogP contribution in [0.2, 0.25) is 0 Å². The van der Waals surface area contributed by atoms with Crippen molar-refractivity contribution in [1.29, 1.82) is 0 Å². The van der Waals surface area contributed by atoms with Gasteiger partial charge in [-0.25, -0.2) is 0 Å². The van der Waals surface area contributed by atoms with Gasteiger partial charge in [-0.2, -0.15) is 0 Å². The highest BCUT2D eigenvalue weighted by atomic mass is 16.4. The average Bonchev–Trinajstić information content (AvgIpc) is 2.96. The molecule has 2 aromatic rings. The number of carboxylic acid groups (broad SMARTS) is 1. The van der Waals surface area contributed by atoms with E-state index in [-0.39, 0.29) is 24.3 Å². The number of rotatable bonds is 14. The number of carbonyl (C=O) groups is 1. The largest absolute Gasteiger partial charge is 0.481 e. The van der Waals surface area contributed by atoms with Gasteiger partial charge in [-0.1, -0.05) is 91.9 Å². The number of benzene rings is 2. The van der Waals surface area contributed by atoms with Crippen LogP contribution in [0.1, 0.15) is 80.9 Å². The molecule has 0 fully saturated rings. The third-order valence-corrected chi connectivity index (χ3v) is 7.77. The van der Waals surface area contributed by atoms with Crippen molar-refractivity contribution in [3.8, 4) is 11.8 Å². The van der Waals surface area contributed by atoms with E-state index in [1.807, 2.05) is 19.1 Å². The number of carboxylic acids is 1. The van der Waals surface area contributed by atoms with Crippen LogP contribution in [0.15, 0.2) is 72.4 Å². The van der Waals surface area contributed by atoms with Crippen LogP contribution in [0.3, 0.4) is 0 Å². The monoisotopic (exact) mass is 542 g/mol. The third kappa shape index (κ3) is 8.82. The second kappa shape index (κ2) is 14.9. The molecule has 0 bridgehead atoms. The number of aliphatic hydroxyl groups excluding tert-OH is 2. The maximum Gasteiger partial charge on any atom is 0.303 e. The maximum absolute atomic E-state index is 11.1. The molecule has 212 valence electrons. The number of hydrogen-bond donors (Lipinski definition) is 5. The SMILES string of the molecule is CCC[C@H](NC(O)CCc1ccc(C2=CCC(c3ccccc3)C#C2)cc1)C(O)NC1=CCCC(CC(=O)O)C1. The van der Waals surface area contributed by atoms with Gasteiger partial charge in [-0.15, -0.1) is 0 Å². The maximum atomic E-state index is 11.1. The number of aliphatic carboxylic acids is 1. The van der Waals surface area contributed by atoms with Gasteiger partial charge in [0, 0.05) is 23.6 Å². The van der Waals surface area contributed by atoms with Crippen molar-refractivity contribution in [2.24, 2.45) is 5.92 Å². The summed E-state index contributed by atoms with van der Waals surface area (Å²) in [5.41, 5.74) is 5.45. The number of nitrogens with one attached hydrogen (secondary N) is 2. The van der Waals surface area contributed by atoms with E-state index < -0.39 is 18.4 Å². The predicted octanol–water partition coefficient (Wildman–Crippen LogP) is 5.34. The van der Waals surface area contributed by atoms with Gasteiger partial charge >= 0.3 is 5.97 Å². The lowest BCUT2D eigenvalue weighted by Crippen LogP contribution is -2.51. The molecule has 2 aliphatic carbocycles. The summed E-state index contributed by atoms with van der Waals surface area (Å²) in [6.07, 6.45) is 8.76. The van der Waals surface area contributed by atoms with Gasteiger partial charge in [0.05, 0.1) is 6.04 Å². The summed E-state index contributed by atoms with van der Waals surface area (Å²) in [5, 5.41) is 37.1. The summed E-state index contributed by atoms with van der Waals surface area (Å²) < 4.78 is 0. The minimum Gasteiger partial charge on any atom is -0.481 e. The summed E-state index contributed by atoms with van der Waals surface area (Å²) in [4.78, 5) is 11.1. The molecule has 5 N–H and O–H groups in total. The normalized spacial score (nSPS) is 20.8. The summed E-state index contributed by atoms with van der Waals surface area (Å²) >= 11 is 0. The molecule has 0 aromatic heterocycles.